The van der Waals surface area contributed by atoms with Crippen LogP contribution in [0.3, 0.4) is 0 Å². The molecule has 15 heavy (non-hydrogen) atoms. The number of hydrogen-bond donors (Lipinski definition) is 1. The summed E-state index contributed by atoms with van der Waals surface area (Å²) in [5.74, 6) is 0. The van der Waals surface area contributed by atoms with Gasteiger partial charge < -0.3 is 0 Å². The van der Waals surface area contributed by atoms with Crippen molar-refractivity contribution < 1.29 is 17.8 Å². The van der Waals surface area contributed by atoms with Crippen molar-refractivity contribution in [3.05, 3.63) is 28.3 Å². The number of benzene rings is 1. The van der Waals surface area contributed by atoms with Gasteiger partial charge in [-0.05, 0) is 43.5 Å². The van der Waals surface area contributed by atoms with Crippen LogP contribution in [-0.2, 0) is 10.1 Å². The predicted molar refractivity (Wildman–Crippen MR) is 55.9 cm³/mol. The Morgan fingerprint density at radius 3 is 2.13 bits per heavy atom. The normalized spacial score (nSPS) is 11.5. The molecule has 0 amide bonds. The summed E-state index contributed by atoms with van der Waals surface area (Å²) in [5, 5.41) is 0. The van der Waals surface area contributed by atoms with Crippen molar-refractivity contribution in [3.63, 3.8) is 0 Å². The van der Waals surface area contributed by atoms with Gasteiger partial charge in [0.15, 0.2) is 6.29 Å². The molecule has 0 bridgehead atoms. The number of aryl methyl sites for hydroxylation is 1. The molecular weight excluding hydrogens is 216 g/mol. The van der Waals surface area contributed by atoms with E-state index in [2.05, 4.69) is 0 Å². The second kappa shape index (κ2) is 3.75. The maximum Gasteiger partial charge on any atom is 0.295 e. The van der Waals surface area contributed by atoms with E-state index in [9.17, 15) is 13.2 Å². The van der Waals surface area contributed by atoms with E-state index in [1.165, 1.54) is 6.07 Å². The van der Waals surface area contributed by atoms with Crippen LogP contribution in [0, 0.1) is 20.8 Å². The summed E-state index contributed by atoms with van der Waals surface area (Å²) >= 11 is 0. The summed E-state index contributed by atoms with van der Waals surface area (Å²) in [6.45, 7) is 5.18. The van der Waals surface area contributed by atoms with Crippen molar-refractivity contribution in [1.29, 1.82) is 0 Å². The third-order valence-electron chi connectivity index (χ3n) is 2.57. The lowest BCUT2D eigenvalue weighted by Crippen LogP contribution is -2.07. The smallest absolute Gasteiger partial charge is 0.295 e. The largest absolute Gasteiger partial charge is 0.298 e. The number of carbonyl (C=O) groups is 1. The fourth-order valence-corrected chi connectivity index (χ4v) is 2.23. The molecule has 0 aromatic heterocycles. The zero-order valence-corrected chi connectivity index (χ0v) is 9.55. The molecule has 0 heterocycles. The van der Waals surface area contributed by atoms with Gasteiger partial charge in [-0.25, -0.2) is 0 Å². The minimum atomic E-state index is -4.34. The minimum Gasteiger partial charge on any atom is -0.298 e. The highest BCUT2D eigenvalue weighted by Crippen LogP contribution is 2.23. The first-order valence-electron chi connectivity index (χ1n) is 4.32. The Kier molecular flexibility index (Phi) is 2.97. The van der Waals surface area contributed by atoms with Crippen LogP contribution < -0.4 is 0 Å². The highest BCUT2D eigenvalue weighted by atomic mass is 32.2. The van der Waals surface area contributed by atoms with Gasteiger partial charge in [-0.15, -0.1) is 0 Å². The number of aldehydes is 1. The fraction of sp³-hybridized carbons (Fsp3) is 0.300. The summed E-state index contributed by atoms with van der Waals surface area (Å²) in [7, 11) is -4.34. The lowest BCUT2D eigenvalue weighted by molar-refractivity contribution is 0.111. The molecule has 0 aliphatic carbocycles. The van der Waals surface area contributed by atoms with Gasteiger partial charge in [0, 0.05) is 5.56 Å². The molecule has 0 unspecified atom stereocenters. The summed E-state index contributed by atoms with van der Waals surface area (Å²) in [6, 6.07) is 1.31. The van der Waals surface area contributed by atoms with E-state index in [0.717, 1.165) is 11.1 Å². The van der Waals surface area contributed by atoms with Crippen molar-refractivity contribution >= 4 is 16.4 Å². The second-order valence-electron chi connectivity index (χ2n) is 3.45. The summed E-state index contributed by atoms with van der Waals surface area (Å²) in [5.41, 5.74) is 2.19. The second-order valence-corrected chi connectivity index (χ2v) is 4.84. The number of hydrogen-bond acceptors (Lipinski definition) is 3. The topological polar surface area (TPSA) is 71.4 Å². The van der Waals surface area contributed by atoms with Crippen molar-refractivity contribution in [3.8, 4) is 0 Å². The van der Waals surface area contributed by atoms with Crippen LogP contribution in [0.2, 0.25) is 0 Å². The van der Waals surface area contributed by atoms with Crippen LogP contribution in [0.15, 0.2) is 11.0 Å². The van der Waals surface area contributed by atoms with Crippen LogP contribution >= 0.6 is 0 Å². The molecule has 1 aromatic rings. The fourth-order valence-electron chi connectivity index (χ4n) is 1.43. The molecule has 0 aliphatic rings. The Labute approximate surface area is 88.7 Å². The zero-order valence-electron chi connectivity index (χ0n) is 8.73. The Hall–Kier alpha value is -1.20. The molecule has 1 rings (SSSR count). The van der Waals surface area contributed by atoms with Crippen LogP contribution in [-0.4, -0.2) is 19.3 Å². The van der Waals surface area contributed by atoms with Crippen LogP contribution in [0.4, 0.5) is 0 Å². The van der Waals surface area contributed by atoms with E-state index in [-0.39, 0.29) is 10.5 Å². The molecule has 0 saturated heterocycles. The quantitative estimate of drug-likeness (QED) is 0.617. The lowest BCUT2D eigenvalue weighted by Gasteiger charge is -2.10. The van der Waals surface area contributed by atoms with E-state index in [1.807, 2.05) is 0 Å². The monoisotopic (exact) mass is 228 g/mol. The first-order valence-corrected chi connectivity index (χ1v) is 5.76. The van der Waals surface area contributed by atoms with Gasteiger partial charge in [0.25, 0.3) is 10.1 Å². The molecule has 4 nitrogen and oxygen atoms in total. The molecule has 0 spiro atoms. The summed E-state index contributed by atoms with van der Waals surface area (Å²) < 4.78 is 31.0. The highest BCUT2D eigenvalue weighted by molar-refractivity contribution is 7.86. The Morgan fingerprint density at radius 2 is 1.73 bits per heavy atom. The third kappa shape index (κ3) is 2.08. The zero-order chi connectivity index (χ0) is 11.8. The summed E-state index contributed by atoms with van der Waals surface area (Å²) in [4.78, 5) is 10.5. The average Bonchev–Trinajstić information content (AvgIpc) is 2.12. The van der Waals surface area contributed by atoms with Gasteiger partial charge in [-0.3, -0.25) is 9.35 Å². The van der Waals surface area contributed by atoms with Crippen LogP contribution in [0.1, 0.15) is 27.0 Å². The van der Waals surface area contributed by atoms with E-state index in [0.29, 0.717) is 11.8 Å². The molecule has 1 aromatic carbocycles. The van der Waals surface area contributed by atoms with E-state index in [1.54, 1.807) is 20.8 Å². The standard InChI is InChI=1S/C10H12O4S/c1-6-4-10(15(12,13)14)9(5-11)8(3)7(6)2/h4-5H,1-3H3,(H,12,13,14). The Balaban J connectivity index is 3.76. The summed E-state index contributed by atoms with van der Waals surface area (Å²) in [6.07, 6.45) is 0.449. The molecule has 1 N–H and O–H groups in total. The van der Waals surface area contributed by atoms with E-state index in [4.69, 9.17) is 4.55 Å². The minimum absolute atomic E-state index is 0.0283. The van der Waals surface area contributed by atoms with Crippen molar-refractivity contribution in [2.75, 3.05) is 0 Å². The van der Waals surface area contributed by atoms with Crippen molar-refractivity contribution in [2.45, 2.75) is 25.7 Å². The van der Waals surface area contributed by atoms with Gasteiger partial charge in [0.1, 0.15) is 4.90 Å². The first kappa shape index (κ1) is 11.9. The van der Waals surface area contributed by atoms with Crippen LogP contribution in [0.5, 0.6) is 0 Å². The molecule has 0 fully saturated rings. The average molecular weight is 228 g/mol. The molecule has 0 radical (unpaired) electrons. The van der Waals surface area contributed by atoms with Crippen molar-refractivity contribution in [1.82, 2.24) is 0 Å². The lowest BCUT2D eigenvalue weighted by atomic mass is 9.99. The molecule has 0 aliphatic heterocycles. The predicted octanol–water partition coefficient (Wildman–Crippen LogP) is 1.67. The van der Waals surface area contributed by atoms with Gasteiger partial charge in [-0.2, -0.15) is 8.42 Å². The highest BCUT2D eigenvalue weighted by Gasteiger charge is 2.19. The van der Waals surface area contributed by atoms with Crippen molar-refractivity contribution in [2.24, 2.45) is 0 Å². The first-order chi connectivity index (χ1) is 6.79. The van der Waals surface area contributed by atoms with Crippen LogP contribution in [0.25, 0.3) is 0 Å². The van der Waals surface area contributed by atoms with E-state index >= 15 is 0 Å². The Bertz CT molecular complexity index is 515. The van der Waals surface area contributed by atoms with Gasteiger partial charge in [0.05, 0.1) is 0 Å². The molecule has 82 valence electrons. The SMILES string of the molecule is Cc1cc(S(=O)(=O)O)c(C=O)c(C)c1C. The molecule has 0 saturated carbocycles. The van der Waals surface area contributed by atoms with E-state index < -0.39 is 10.1 Å². The van der Waals surface area contributed by atoms with Gasteiger partial charge >= 0.3 is 0 Å². The molecular formula is C10H12O4S. The Morgan fingerprint density at radius 1 is 1.20 bits per heavy atom. The van der Waals surface area contributed by atoms with Gasteiger partial charge in [0.2, 0.25) is 0 Å². The number of carbonyl (C=O) groups excluding carboxylic acids is 1. The number of rotatable bonds is 2. The molecule has 5 heteroatoms. The molecule has 0 atom stereocenters. The maximum absolute atomic E-state index is 11.0. The maximum atomic E-state index is 11.0. The third-order valence-corrected chi connectivity index (χ3v) is 3.46. The van der Waals surface area contributed by atoms with Gasteiger partial charge in [-0.1, -0.05) is 0 Å².